The number of halogens is 1. The highest BCUT2D eigenvalue weighted by Crippen LogP contribution is 2.36. The van der Waals surface area contributed by atoms with Crippen LogP contribution in [0.1, 0.15) is 69.8 Å². The van der Waals surface area contributed by atoms with Gasteiger partial charge in [-0.2, -0.15) is 0 Å². The molecule has 2 heteroatoms. The van der Waals surface area contributed by atoms with E-state index in [1.807, 2.05) is 0 Å². The second-order valence-electron chi connectivity index (χ2n) is 5.72. The van der Waals surface area contributed by atoms with E-state index >= 15 is 0 Å². The second kappa shape index (κ2) is 7.94. The lowest BCUT2D eigenvalue weighted by molar-refractivity contribution is 0.549. The summed E-state index contributed by atoms with van der Waals surface area (Å²) in [7, 11) is 0. The first-order valence-corrected chi connectivity index (χ1v) is 8.64. The van der Waals surface area contributed by atoms with Gasteiger partial charge in [0.2, 0.25) is 0 Å². The zero-order valence-corrected chi connectivity index (χ0v) is 13.6. The van der Waals surface area contributed by atoms with Crippen LogP contribution in [0, 0.1) is 0 Å². The van der Waals surface area contributed by atoms with Crippen LogP contribution in [-0.2, 0) is 0 Å². The van der Waals surface area contributed by atoms with Crippen LogP contribution in [0.5, 0.6) is 0 Å². The first kappa shape index (κ1) is 14.9. The van der Waals surface area contributed by atoms with Gasteiger partial charge in [-0.1, -0.05) is 67.8 Å². The molecule has 1 aliphatic rings. The summed E-state index contributed by atoms with van der Waals surface area (Å²) in [6, 6.07) is 6.62. The van der Waals surface area contributed by atoms with Crippen molar-refractivity contribution in [2.75, 3.05) is 11.9 Å². The maximum atomic E-state index is 3.58. The largest absolute Gasteiger partial charge is 0.384 e. The van der Waals surface area contributed by atoms with Crippen LogP contribution in [-0.4, -0.2) is 6.54 Å². The van der Waals surface area contributed by atoms with Crippen LogP contribution in [0.4, 0.5) is 5.69 Å². The van der Waals surface area contributed by atoms with E-state index in [1.165, 1.54) is 67.1 Å². The molecule has 0 aliphatic carbocycles. The molecule has 1 N–H and O–H groups in total. The van der Waals surface area contributed by atoms with E-state index in [1.54, 1.807) is 0 Å². The summed E-state index contributed by atoms with van der Waals surface area (Å²) in [5, 5.41) is 3.53. The Morgan fingerprint density at radius 3 is 2.63 bits per heavy atom. The third-order valence-electron chi connectivity index (χ3n) is 4.15. The molecule has 1 nitrogen and oxygen atoms in total. The maximum Gasteiger partial charge on any atom is 0.0377 e. The molecule has 1 heterocycles. The van der Waals surface area contributed by atoms with Gasteiger partial charge in [-0.05, 0) is 30.2 Å². The van der Waals surface area contributed by atoms with Gasteiger partial charge in [0.05, 0.1) is 0 Å². The lowest BCUT2D eigenvalue weighted by Crippen LogP contribution is -2.01. The first-order valence-electron chi connectivity index (χ1n) is 7.84. The third kappa shape index (κ3) is 4.52. The molecule has 0 saturated heterocycles. The molecule has 106 valence electrons. The number of anilines is 1. The van der Waals surface area contributed by atoms with Gasteiger partial charge in [-0.25, -0.2) is 0 Å². The van der Waals surface area contributed by atoms with Crippen molar-refractivity contribution < 1.29 is 0 Å². The number of fused-ring (bicyclic) bond motifs is 1. The van der Waals surface area contributed by atoms with Gasteiger partial charge in [0.1, 0.15) is 0 Å². The Kier molecular flexibility index (Phi) is 6.22. The van der Waals surface area contributed by atoms with Crippen molar-refractivity contribution in [3.05, 3.63) is 28.2 Å². The minimum absolute atomic E-state index is 0.725. The van der Waals surface area contributed by atoms with Crippen molar-refractivity contribution in [2.24, 2.45) is 0 Å². The predicted octanol–water partition coefficient (Wildman–Crippen LogP) is 6.10. The molecule has 1 aromatic rings. The molecule has 2 rings (SSSR count). The average Bonchev–Trinajstić information content (AvgIpc) is 2.80. The van der Waals surface area contributed by atoms with Gasteiger partial charge >= 0.3 is 0 Å². The zero-order chi connectivity index (χ0) is 13.5. The summed E-state index contributed by atoms with van der Waals surface area (Å²) in [5.74, 6) is 0.725. The van der Waals surface area contributed by atoms with Crippen molar-refractivity contribution >= 4 is 21.6 Å². The Balaban J connectivity index is 1.67. The van der Waals surface area contributed by atoms with Crippen LogP contribution >= 0.6 is 15.9 Å². The Labute approximate surface area is 126 Å². The van der Waals surface area contributed by atoms with E-state index < -0.39 is 0 Å². The van der Waals surface area contributed by atoms with Gasteiger partial charge in [0.25, 0.3) is 0 Å². The van der Waals surface area contributed by atoms with Gasteiger partial charge in [0.15, 0.2) is 0 Å². The molecule has 0 amide bonds. The van der Waals surface area contributed by atoms with E-state index in [4.69, 9.17) is 0 Å². The zero-order valence-electron chi connectivity index (χ0n) is 12.1. The first-order chi connectivity index (χ1) is 9.31. The summed E-state index contributed by atoms with van der Waals surface area (Å²) in [4.78, 5) is 0. The lowest BCUT2D eigenvalue weighted by Gasteiger charge is -2.10. The lowest BCUT2D eigenvalue weighted by atomic mass is 9.95. The van der Waals surface area contributed by atoms with Crippen LogP contribution in [0.25, 0.3) is 0 Å². The van der Waals surface area contributed by atoms with Crippen molar-refractivity contribution in [1.82, 2.24) is 0 Å². The number of unbranched alkanes of at least 4 members (excludes halogenated alkanes) is 6. The second-order valence-corrected chi connectivity index (χ2v) is 6.64. The Bertz CT molecular complexity index is 389. The molecule has 0 radical (unpaired) electrons. The molecule has 1 aromatic carbocycles. The van der Waals surface area contributed by atoms with Crippen molar-refractivity contribution in [1.29, 1.82) is 0 Å². The van der Waals surface area contributed by atoms with E-state index in [2.05, 4.69) is 46.4 Å². The third-order valence-corrected chi connectivity index (χ3v) is 4.64. The normalized spacial score (nSPS) is 17.3. The highest BCUT2D eigenvalue weighted by atomic mass is 79.9. The summed E-state index contributed by atoms with van der Waals surface area (Å²) in [6.07, 6.45) is 11.2. The summed E-state index contributed by atoms with van der Waals surface area (Å²) in [5.41, 5.74) is 2.86. The number of rotatable bonds is 8. The Morgan fingerprint density at radius 1 is 1.11 bits per heavy atom. The molecule has 0 bridgehead atoms. The quantitative estimate of drug-likeness (QED) is 0.570. The SMILES string of the molecule is CCCCCCCCCC1CNc2ccc(Br)cc21. The molecular weight excluding hydrogens is 298 g/mol. The fourth-order valence-electron chi connectivity index (χ4n) is 2.98. The van der Waals surface area contributed by atoms with Gasteiger partial charge in [-0.3, -0.25) is 0 Å². The monoisotopic (exact) mass is 323 g/mol. The highest BCUT2D eigenvalue weighted by Gasteiger charge is 2.21. The summed E-state index contributed by atoms with van der Waals surface area (Å²) in [6.45, 7) is 3.41. The molecular formula is C17H26BrN. The van der Waals surface area contributed by atoms with E-state index in [-0.39, 0.29) is 0 Å². The summed E-state index contributed by atoms with van der Waals surface area (Å²) < 4.78 is 1.21. The Morgan fingerprint density at radius 2 is 1.84 bits per heavy atom. The van der Waals surface area contributed by atoms with Gasteiger partial charge < -0.3 is 5.32 Å². The number of benzene rings is 1. The molecule has 0 saturated carbocycles. The van der Waals surface area contributed by atoms with Crippen molar-refractivity contribution in [3.63, 3.8) is 0 Å². The molecule has 19 heavy (non-hydrogen) atoms. The van der Waals surface area contributed by atoms with Gasteiger partial charge in [0, 0.05) is 22.6 Å². The molecule has 1 atom stereocenters. The van der Waals surface area contributed by atoms with Crippen LogP contribution < -0.4 is 5.32 Å². The molecule has 1 unspecified atom stereocenters. The van der Waals surface area contributed by atoms with Crippen molar-refractivity contribution in [3.8, 4) is 0 Å². The van der Waals surface area contributed by atoms with Crippen LogP contribution in [0.3, 0.4) is 0 Å². The molecule has 0 spiro atoms. The standard InChI is InChI=1S/C17H26BrN/c1-2-3-4-5-6-7-8-9-14-13-19-17-11-10-15(18)12-16(14)17/h10-12,14,19H,2-9,13H2,1H3. The topological polar surface area (TPSA) is 12.0 Å². The molecule has 0 fully saturated rings. The van der Waals surface area contributed by atoms with E-state index in [0.29, 0.717) is 0 Å². The molecule has 0 aromatic heterocycles. The van der Waals surface area contributed by atoms with Gasteiger partial charge in [-0.15, -0.1) is 0 Å². The minimum atomic E-state index is 0.725. The number of hydrogen-bond acceptors (Lipinski definition) is 1. The van der Waals surface area contributed by atoms with E-state index in [0.717, 1.165) is 12.5 Å². The Hall–Kier alpha value is -0.500. The van der Waals surface area contributed by atoms with E-state index in [9.17, 15) is 0 Å². The van der Waals surface area contributed by atoms with Crippen LogP contribution in [0.15, 0.2) is 22.7 Å². The average molecular weight is 324 g/mol. The van der Waals surface area contributed by atoms with Crippen LogP contribution in [0.2, 0.25) is 0 Å². The molecule has 1 aliphatic heterocycles. The fourth-order valence-corrected chi connectivity index (χ4v) is 3.36. The predicted molar refractivity (Wildman–Crippen MR) is 88.0 cm³/mol. The maximum absolute atomic E-state index is 3.58. The number of nitrogens with one attached hydrogen (secondary N) is 1. The minimum Gasteiger partial charge on any atom is -0.384 e. The highest BCUT2D eigenvalue weighted by molar-refractivity contribution is 9.10. The summed E-state index contributed by atoms with van der Waals surface area (Å²) >= 11 is 3.58. The van der Waals surface area contributed by atoms with Crippen molar-refractivity contribution in [2.45, 2.75) is 64.2 Å². The fraction of sp³-hybridized carbons (Fsp3) is 0.647. The number of hydrogen-bond donors (Lipinski definition) is 1. The smallest absolute Gasteiger partial charge is 0.0377 e.